The van der Waals surface area contributed by atoms with E-state index in [1.807, 2.05) is 56.3 Å². The molecular weight excluding hydrogens is 330 g/mol. The monoisotopic (exact) mass is 351 g/mol. The molecular formula is C20H21N3OS. The lowest BCUT2D eigenvalue weighted by Gasteiger charge is -2.16. The molecule has 5 heteroatoms. The smallest absolute Gasteiger partial charge is 0.242 e. The molecule has 128 valence electrons. The minimum Gasteiger partial charge on any atom is -0.284 e. The molecule has 25 heavy (non-hydrogen) atoms. The van der Waals surface area contributed by atoms with Crippen molar-refractivity contribution in [2.24, 2.45) is 10.2 Å². The van der Waals surface area contributed by atoms with Gasteiger partial charge in [-0.25, -0.2) is 0 Å². The fourth-order valence-electron chi connectivity index (χ4n) is 2.56. The van der Waals surface area contributed by atoms with E-state index in [9.17, 15) is 4.79 Å². The van der Waals surface area contributed by atoms with Crippen LogP contribution in [0.5, 0.6) is 0 Å². The van der Waals surface area contributed by atoms with E-state index in [1.165, 1.54) is 22.9 Å². The number of hydrogen-bond donors (Lipinski definition) is 0. The van der Waals surface area contributed by atoms with Gasteiger partial charge in [0.15, 0.2) is 5.17 Å². The summed E-state index contributed by atoms with van der Waals surface area (Å²) in [6.07, 6.45) is 1.71. The zero-order valence-electron chi connectivity index (χ0n) is 14.6. The quantitative estimate of drug-likeness (QED) is 0.613. The van der Waals surface area contributed by atoms with Gasteiger partial charge < -0.3 is 0 Å². The molecule has 4 nitrogen and oxygen atoms in total. The number of nitrogens with zero attached hydrogens (tertiary/aromatic N) is 3. The van der Waals surface area contributed by atoms with E-state index in [2.05, 4.69) is 23.2 Å². The average molecular weight is 351 g/mol. The molecule has 3 rings (SSSR count). The van der Waals surface area contributed by atoms with E-state index in [0.717, 1.165) is 11.1 Å². The van der Waals surface area contributed by atoms with Crippen LogP contribution in [0.1, 0.15) is 29.2 Å². The van der Waals surface area contributed by atoms with Crippen LogP contribution in [0.3, 0.4) is 0 Å². The fourth-order valence-corrected chi connectivity index (χ4v) is 3.48. The lowest BCUT2D eigenvalue weighted by atomic mass is 10.1. The van der Waals surface area contributed by atoms with Gasteiger partial charge in [0, 0.05) is 0 Å². The van der Waals surface area contributed by atoms with Gasteiger partial charge >= 0.3 is 0 Å². The number of benzene rings is 2. The molecule has 2 aromatic carbocycles. The van der Waals surface area contributed by atoms with Crippen molar-refractivity contribution in [3.8, 4) is 0 Å². The van der Waals surface area contributed by atoms with Crippen LogP contribution < -0.4 is 0 Å². The van der Waals surface area contributed by atoms with Crippen LogP contribution in [-0.2, 0) is 11.3 Å². The largest absolute Gasteiger partial charge is 0.284 e. The molecule has 2 aromatic rings. The normalized spacial score (nSPS) is 19.3. The maximum absolute atomic E-state index is 12.5. The molecule has 0 bridgehead atoms. The van der Waals surface area contributed by atoms with Gasteiger partial charge in [-0.2, -0.15) is 5.10 Å². The van der Waals surface area contributed by atoms with Crippen LogP contribution in [-0.4, -0.2) is 27.4 Å². The maximum atomic E-state index is 12.5. The SMILES string of the molecule is Cc1ccc(/C=N\N=C2\S[C@H](C)C(=O)N2Cc2ccccc2C)cc1. The number of hydrogen-bond acceptors (Lipinski definition) is 4. The minimum absolute atomic E-state index is 0.0811. The summed E-state index contributed by atoms with van der Waals surface area (Å²) in [5.41, 5.74) is 4.49. The lowest BCUT2D eigenvalue weighted by Crippen LogP contribution is -2.31. The molecule has 0 aliphatic carbocycles. The number of rotatable bonds is 4. The van der Waals surface area contributed by atoms with Gasteiger partial charge in [-0.1, -0.05) is 65.9 Å². The van der Waals surface area contributed by atoms with Gasteiger partial charge in [0.05, 0.1) is 18.0 Å². The molecule has 1 saturated heterocycles. The summed E-state index contributed by atoms with van der Waals surface area (Å²) < 4.78 is 0. The number of amides is 1. The molecule has 1 aliphatic rings. The zero-order chi connectivity index (χ0) is 17.8. The summed E-state index contributed by atoms with van der Waals surface area (Å²) in [6, 6.07) is 16.2. The van der Waals surface area contributed by atoms with Crippen molar-refractivity contribution in [2.75, 3.05) is 0 Å². The third-order valence-corrected chi connectivity index (χ3v) is 5.21. The molecule has 0 radical (unpaired) electrons. The van der Waals surface area contributed by atoms with Crippen molar-refractivity contribution in [1.29, 1.82) is 0 Å². The first-order valence-electron chi connectivity index (χ1n) is 8.25. The predicted octanol–water partition coefficient (Wildman–Crippen LogP) is 4.16. The Morgan fingerprint density at radius 2 is 1.84 bits per heavy atom. The number of carbonyl (C=O) groups is 1. The third-order valence-electron chi connectivity index (χ3n) is 4.14. The first-order chi connectivity index (χ1) is 12.0. The Morgan fingerprint density at radius 3 is 2.56 bits per heavy atom. The summed E-state index contributed by atoms with van der Waals surface area (Å²) >= 11 is 1.46. The number of carbonyl (C=O) groups excluding carboxylic acids is 1. The van der Waals surface area contributed by atoms with Gasteiger partial charge in [0.25, 0.3) is 0 Å². The minimum atomic E-state index is -0.127. The van der Waals surface area contributed by atoms with Gasteiger partial charge in [-0.15, -0.1) is 5.10 Å². The van der Waals surface area contributed by atoms with Crippen LogP contribution in [0.25, 0.3) is 0 Å². The maximum Gasteiger partial charge on any atom is 0.242 e. The highest BCUT2D eigenvalue weighted by molar-refractivity contribution is 8.15. The van der Waals surface area contributed by atoms with E-state index in [-0.39, 0.29) is 11.2 Å². The molecule has 1 atom stereocenters. The van der Waals surface area contributed by atoms with Crippen molar-refractivity contribution in [3.63, 3.8) is 0 Å². The Hall–Kier alpha value is -2.40. The van der Waals surface area contributed by atoms with Crippen molar-refractivity contribution >= 4 is 29.1 Å². The Labute approximate surface area is 152 Å². The number of amidine groups is 1. The van der Waals surface area contributed by atoms with E-state index in [0.29, 0.717) is 11.7 Å². The molecule has 1 heterocycles. The molecule has 0 spiro atoms. The molecule has 1 amide bonds. The van der Waals surface area contributed by atoms with Crippen LogP contribution in [0, 0.1) is 13.8 Å². The van der Waals surface area contributed by atoms with Gasteiger partial charge in [-0.3, -0.25) is 9.69 Å². The Bertz CT molecular complexity index is 827. The van der Waals surface area contributed by atoms with Crippen LogP contribution >= 0.6 is 11.8 Å². The second-order valence-corrected chi connectivity index (χ2v) is 7.46. The zero-order valence-corrected chi connectivity index (χ0v) is 15.5. The molecule has 1 aliphatic heterocycles. The van der Waals surface area contributed by atoms with E-state index >= 15 is 0 Å². The molecule has 0 aromatic heterocycles. The molecule has 0 N–H and O–H groups in total. The van der Waals surface area contributed by atoms with E-state index < -0.39 is 0 Å². The Balaban J connectivity index is 1.79. The standard InChI is InChI=1S/C20H21N3OS/c1-14-8-10-17(11-9-14)12-21-22-20-23(19(24)16(3)25-20)13-18-7-5-4-6-15(18)2/h4-12,16H,13H2,1-3H3/b21-12-,22-20+/t16-/m1/s1. The summed E-state index contributed by atoms with van der Waals surface area (Å²) in [5, 5.41) is 9.02. The van der Waals surface area contributed by atoms with Crippen LogP contribution in [0.2, 0.25) is 0 Å². The third kappa shape index (κ3) is 4.17. The topological polar surface area (TPSA) is 45.0 Å². The molecule has 0 saturated carbocycles. The van der Waals surface area contributed by atoms with Crippen molar-refractivity contribution < 1.29 is 4.79 Å². The average Bonchev–Trinajstić information content (AvgIpc) is 2.86. The molecule has 1 fully saturated rings. The van der Waals surface area contributed by atoms with E-state index in [1.54, 1.807) is 11.1 Å². The second kappa shape index (κ2) is 7.66. The summed E-state index contributed by atoms with van der Waals surface area (Å²) in [4.78, 5) is 14.2. The van der Waals surface area contributed by atoms with E-state index in [4.69, 9.17) is 0 Å². The number of aryl methyl sites for hydroxylation is 2. The summed E-state index contributed by atoms with van der Waals surface area (Å²) in [6.45, 7) is 6.54. The second-order valence-electron chi connectivity index (χ2n) is 6.15. The van der Waals surface area contributed by atoms with Crippen LogP contribution in [0.15, 0.2) is 58.7 Å². The highest BCUT2D eigenvalue weighted by Gasteiger charge is 2.35. The first-order valence-corrected chi connectivity index (χ1v) is 9.13. The van der Waals surface area contributed by atoms with Crippen molar-refractivity contribution in [2.45, 2.75) is 32.6 Å². The van der Waals surface area contributed by atoms with Crippen molar-refractivity contribution in [3.05, 3.63) is 70.8 Å². The van der Waals surface area contributed by atoms with Crippen molar-refractivity contribution in [1.82, 2.24) is 4.90 Å². The first kappa shape index (κ1) is 17.4. The Morgan fingerprint density at radius 1 is 1.12 bits per heavy atom. The highest BCUT2D eigenvalue weighted by Crippen LogP contribution is 2.29. The fraction of sp³-hybridized carbons (Fsp3) is 0.250. The van der Waals surface area contributed by atoms with Crippen LogP contribution in [0.4, 0.5) is 0 Å². The van der Waals surface area contributed by atoms with Gasteiger partial charge in [0.2, 0.25) is 5.91 Å². The summed E-state index contributed by atoms with van der Waals surface area (Å²) in [5.74, 6) is 0.0811. The van der Waals surface area contributed by atoms with Gasteiger partial charge in [0.1, 0.15) is 0 Å². The predicted molar refractivity (Wildman–Crippen MR) is 105 cm³/mol. The number of thioether (sulfide) groups is 1. The van der Waals surface area contributed by atoms with Gasteiger partial charge in [-0.05, 0) is 37.5 Å². The lowest BCUT2D eigenvalue weighted by molar-refractivity contribution is -0.126. The Kier molecular flexibility index (Phi) is 5.34. The summed E-state index contributed by atoms with van der Waals surface area (Å²) in [7, 11) is 0. The molecule has 0 unspecified atom stereocenters. The highest BCUT2D eigenvalue weighted by atomic mass is 32.2.